The summed E-state index contributed by atoms with van der Waals surface area (Å²) in [6.07, 6.45) is 0. The van der Waals surface area contributed by atoms with E-state index >= 15 is 0 Å². The predicted molar refractivity (Wildman–Crippen MR) is 63.0 cm³/mol. The molecule has 2 N–H and O–H groups in total. The van der Waals surface area contributed by atoms with Crippen molar-refractivity contribution in [2.45, 2.75) is 0 Å². The van der Waals surface area contributed by atoms with Gasteiger partial charge < -0.3 is 0 Å². The number of rotatable bonds is 2. The summed E-state index contributed by atoms with van der Waals surface area (Å²) in [6, 6.07) is 16.8. The SMILES string of the molecule is Nc1ccc([Se](=O)c2ccccc2)cc1. The molecular formula is C12H11NOSe. The molecule has 0 aliphatic heterocycles. The molecule has 2 aromatic carbocycles. The summed E-state index contributed by atoms with van der Waals surface area (Å²) in [5.74, 6) is 0. The summed E-state index contributed by atoms with van der Waals surface area (Å²) in [6.45, 7) is 0. The Morgan fingerprint density at radius 2 is 1.33 bits per heavy atom. The van der Waals surface area contributed by atoms with Gasteiger partial charge in [0.05, 0.1) is 0 Å². The van der Waals surface area contributed by atoms with E-state index in [9.17, 15) is 3.83 Å². The second kappa shape index (κ2) is 4.39. The predicted octanol–water partition coefficient (Wildman–Crippen LogP) is 0.805. The van der Waals surface area contributed by atoms with Gasteiger partial charge >= 0.3 is 92.6 Å². The van der Waals surface area contributed by atoms with Gasteiger partial charge in [-0.3, -0.25) is 0 Å². The van der Waals surface area contributed by atoms with E-state index in [-0.39, 0.29) is 0 Å². The maximum atomic E-state index is 12.1. The van der Waals surface area contributed by atoms with E-state index in [4.69, 9.17) is 5.73 Å². The Balaban J connectivity index is 2.33. The van der Waals surface area contributed by atoms with Gasteiger partial charge in [-0.1, -0.05) is 0 Å². The van der Waals surface area contributed by atoms with E-state index in [0.29, 0.717) is 5.69 Å². The molecule has 0 spiro atoms. The molecule has 0 saturated heterocycles. The van der Waals surface area contributed by atoms with Crippen LogP contribution in [0.4, 0.5) is 5.69 Å². The first-order valence-corrected chi connectivity index (χ1v) is 7.01. The van der Waals surface area contributed by atoms with Crippen molar-refractivity contribution in [1.29, 1.82) is 0 Å². The van der Waals surface area contributed by atoms with Gasteiger partial charge in [0.2, 0.25) is 0 Å². The molecule has 3 heteroatoms. The molecule has 0 bridgehead atoms. The third kappa shape index (κ3) is 2.32. The first-order chi connectivity index (χ1) is 7.27. The van der Waals surface area contributed by atoms with Gasteiger partial charge in [0.25, 0.3) is 0 Å². The Morgan fingerprint density at radius 3 is 1.93 bits per heavy atom. The Bertz CT molecular complexity index is 465. The van der Waals surface area contributed by atoms with Gasteiger partial charge in [0.1, 0.15) is 0 Å². The minimum absolute atomic E-state index is 0.700. The fraction of sp³-hybridized carbons (Fsp3) is 0. The normalized spacial score (nSPS) is 12.3. The topological polar surface area (TPSA) is 43.1 Å². The fourth-order valence-electron chi connectivity index (χ4n) is 1.27. The molecule has 2 aromatic rings. The summed E-state index contributed by atoms with van der Waals surface area (Å²) in [7, 11) is 0. The monoisotopic (exact) mass is 265 g/mol. The van der Waals surface area contributed by atoms with E-state index in [1.54, 1.807) is 12.1 Å². The quantitative estimate of drug-likeness (QED) is 0.644. The molecule has 2 rings (SSSR count). The molecule has 0 saturated carbocycles. The van der Waals surface area contributed by atoms with Crippen LogP contribution >= 0.6 is 0 Å². The molecule has 0 aromatic heterocycles. The van der Waals surface area contributed by atoms with Crippen molar-refractivity contribution in [3.05, 3.63) is 54.6 Å². The average Bonchev–Trinajstić information content (AvgIpc) is 2.30. The zero-order chi connectivity index (χ0) is 10.7. The number of hydrogen-bond donors (Lipinski definition) is 1. The first kappa shape index (κ1) is 10.1. The second-order valence-electron chi connectivity index (χ2n) is 3.15. The molecule has 0 heterocycles. The summed E-state index contributed by atoms with van der Waals surface area (Å²) < 4.78 is 13.9. The fourth-order valence-corrected chi connectivity index (χ4v) is 3.50. The van der Waals surface area contributed by atoms with Gasteiger partial charge in [0, 0.05) is 0 Å². The zero-order valence-electron chi connectivity index (χ0n) is 8.09. The summed E-state index contributed by atoms with van der Waals surface area (Å²) in [5.41, 5.74) is 6.28. The van der Waals surface area contributed by atoms with Crippen molar-refractivity contribution >= 4 is 28.4 Å². The zero-order valence-corrected chi connectivity index (χ0v) is 9.80. The minimum atomic E-state index is -2.10. The van der Waals surface area contributed by atoms with Gasteiger partial charge in [-0.05, 0) is 0 Å². The van der Waals surface area contributed by atoms with E-state index in [1.807, 2.05) is 42.5 Å². The third-order valence-corrected chi connectivity index (χ3v) is 4.99. The van der Waals surface area contributed by atoms with Crippen LogP contribution in [0.1, 0.15) is 0 Å². The van der Waals surface area contributed by atoms with Crippen molar-refractivity contribution < 1.29 is 3.83 Å². The Kier molecular flexibility index (Phi) is 2.95. The van der Waals surface area contributed by atoms with Crippen molar-refractivity contribution in [3.63, 3.8) is 0 Å². The van der Waals surface area contributed by atoms with Crippen LogP contribution in [0, 0.1) is 0 Å². The molecule has 0 aliphatic rings. The van der Waals surface area contributed by atoms with Gasteiger partial charge in [-0.15, -0.1) is 0 Å². The third-order valence-electron chi connectivity index (χ3n) is 2.05. The van der Waals surface area contributed by atoms with Crippen LogP contribution < -0.4 is 14.7 Å². The number of nitrogen functional groups attached to an aromatic ring is 1. The van der Waals surface area contributed by atoms with Crippen LogP contribution in [0.2, 0.25) is 0 Å². The second-order valence-corrected chi connectivity index (χ2v) is 6.26. The number of hydrogen-bond acceptors (Lipinski definition) is 2. The van der Waals surface area contributed by atoms with Crippen LogP contribution in [-0.4, -0.2) is 13.8 Å². The molecular weight excluding hydrogens is 253 g/mol. The molecule has 1 unspecified atom stereocenters. The van der Waals surface area contributed by atoms with Crippen molar-refractivity contribution in [2.75, 3.05) is 5.73 Å². The summed E-state index contributed by atoms with van der Waals surface area (Å²) >= 11 is -2.10. The Hall–Kier alpha value is -1.44. The maximum absolute atomic E-state index is 12.1. The molecule has 0 fully saturated rings. The number of benzene rings is 2. The number of anilines is 1. The van der Waals surface area contributed by atoms with Gasteiger partial charge in [-0.25, -0.2) is 0 Å². The number of nitrogens with two attached hydrogens (primary N) is 1. The van der Waals surface area contributed by atoms with Gasteiger partial charge in [-0.2, -0.15) is 0 Å². The van der Waals surface area contributed by atoms with Crippen LogP contribution in [0.3, 0.4) is 0 Å². The summed E-state index contributed by atoms with van der Waals surface area (Å²) in [5, 5.41) is 0. The molecule has 0 radical (unpaired) electrons. The Labute approximate surface area is 92.8 Å². The molecule has 1 atom stereocenters. The molecule has 15 heavy (non-hydrogen) atoms. The standard InChI is InChI=1S/C12H11NOSe/c13-10-6-8-12(9-7-10)15(14)11-4-2-1-3-5-11/h1-9H,13H2. The van der Waals surface area contributed by atoms with Gasteiger partial charge in [0.15, 0.2) is 0 Å². The average molecular weight is 264 g/mol. The first-order valence-electron chi connectivity index (χ1n) is 4.60. The van der Waals surface area contributed by atoms with E-state index in [0.717, 1.165) is 8.92 Å². The molecule has 76 valence electrons. The van der Waals surface area contributed by atoms with E-state index < -0.39 is 13.8 Å². The van der Waals surface area contributed by atoms with Crippen molar-refractivity contribution in [1.82, 2.24) is 0 Å². The molecule has 2 nitrogen and oxygen atoms in total. The van der Waals surface area contributed by atoms with E-state index in [1.165, 1.54) is 0 Å². The van der Waals surface area contributed by atoms with Crippen LogP contribution in [-0.2, 0) is 3.83 Å². The van der Waals surface area contributed by atoms with Crippen LogP contribution in [0.5, 0.6) is 0 Å². The van der Waals surface area contributed by atoms with Crippen LogP contribution in [0.25, 0.3) is 0 Å². The molecule has 0 amide bonds. The van der Waals surface area contributed by atoms with E-state index in [2.05, 4.69) is 0 Å². The van der Waals surface area contributed by atoms with Crippen LogP contribution in [0.15, 0.2) is 54.6 Å². The Morgan fingerprint density at radius 1 is 0.800 bits per heavy atom. The van der Waals surface area contributed by atoms with Crippen molar-refractivity contribution in [2.24, 2.45) is 0 Å². The van der Waals surface area contributed by atoms with Crippen molar-refractivity contribution in [3.8, 4) is 0 Å². The summed E-state index contributed by atoms with van der Waals surface area (Å²) in [4.78, 5) is 0. The molecule has 0 aliphatic carbocycles.